The van der Waals surface area contributed by atoms with Crippen molar-refractivity contribution in [3.8, 4) is 0 Å². The predicted molar refractivity (Wildman–Crippen MR) is 50.2 cm³/mol. The van der Waals surface area contributed by atoms with Crippen molar-refractivity contribution in [2.24, 2.45) is 0 Å². The maximum atomic E-state index is 8.96. The molecule has 2 N–H and O–H groups in total. The molecule has 0 saturated carbocycles. The summed E-state index contributed by atoms with van der Waals surface area (Å²) < 4.78 is 0. The third-order valence-corrected chi connectivity index (χ3v) is 2.32. The van der Waals surface area contributed by atoms with Gasteiger partial charge in [0, 0.05) is 24.2 Å². The van der Waals surface area contributed by atoms with E-state index in [4.69, 9.17) is 5.11 Å². The first-order chi connectivity index (χ1) is 5.68. The lowest BCUT2D eigenvalue weighted by molar-refractivity contribution is 0.191. The number of aliphatic hydroxyl groups is 1. The molecule has 0 radical (unpaired) electrons. The first-order valence-corrected chi connectivity index (χ1v) is 4.80. The van der Waals surface area contributed by atoms with Crippen LogP contribution < -0.4 is 5.32 Å². The van der Waals surface area contributed by atoms with Crippen LogP contribution in [0.25, 0.3) is 0 Å². The molecule has 0 bridgehead atoms. The van der Waals surface area contributed by atoms with Gasteiger partial charge in [-0.2, -0.15) is 0 Å². The minimum Gasteiger partial charge on any atom is -0.392 e. The second kappa shape index (κ2) is 4.54. The van der Waals surface area contributed by atoms with E-state index in [1.54, 1.807) is 18.3 Å². The standard InChI is InChI=1S/C8H14N2OS/c1-6(11)3-9-4-8-5-10-7(2)12-8/h5-6,9,11H,3-4H2,1-2H3/t6-/m1/s1. The van der Waals surface area contributed by atoms with Crippen LogP contribution in [-0.4, -0.2) is 22.7 Å². The molecule has 0 aliphatic heterocycles. The van der Waals surface area contributed by atoms with Crippen LogP contribution in [0.2, 0.25) is 0 Å². The first-order valence-electron chi connectivity index (χ1n) is 3.98. The highest BCUT2D eigenvalue weighted by Crippen LogP contribution is 2.10. The molecule has 1 atom stereocenters. The Kier molecular flexibility index (Phi) is 3.65. The Labute approximate surface area is 76.5 Å². The van der Waals surface area contributed by atoms with Crippen molar-refractivity contribution < 1.29 is 5.11 Å². The molecule has 0 fully saturated rings. The van der Waals surface area contributed by atoms with E-state index < -0.39 is 0 Å². The van der Waals surface area contributed by atoms with Crippen molar-refractivity contribution in [1.82, 2.24) is 10.3 Å². The molecular formula is C8H14N2OS. The highest BCUT2D eigenvalue weighted by molar-refractivity contribution is 7.11. The van der Waals surface area contributed by atoms with Crippen molar-refractivity contribution >= 4 is 11.3 Å². The molecule has 0 spiro atoms. The zero-order valence-electron chi connectivity index (χ0n) is 7.37. The topological polar surface area (TPSA) is 45.2 Å². The normalized spacial score (nSPS) is 13.2. The number of hydrogen-bond acceptors (Lipinski definition) is 4. The van der Waals surface area contributed by atoms with Crippen molar-refractivity contribution in [2.45, 2.75) is 26.5 Å². The highest BCUT2D eigenvalue weighted by Gasteiger charge is 1.98. The van der Waals surface area contributed by atoms with Crippen LogP contribution in [0.15, 0.2) is 6.20 Å². The molecule has 0 amide bonds. The second-order valence-electron chi connectivity index (χ2n) is 2.83. The van der Waals surface area contributed by atoms with E-state index in [2.05, 4.69) is 10.3 Å². The molecule has 1 aromatic rings. The molecule has 1 heterocycles. The van der Waals surface area contributed by atoms with Gasteiger partial charge in [-0.1, -0.05) is 0 Å². The molecule has 0 aliphatic carbocycles. The molecule has 0 unspecified atom stereocenters. The number of thiazole rings is 1. The number of nitrogens with one attached hydrogen (secondary N) is 1. The van der Waals surface area contributed by atoms with Crippen LogP contribution in [0.1, 0.15) is 16.8 Å². The largest absolute Gasteiger partial charge is 0.392 e. The monoisotopic (exact) mass is 186 g/mol. The Morgan fingerprint density at radius 3 is 3.00 bits per heavy atom. The number of hydrogen-bond donors (Lipinski definition) is 2. The van der Waals surface area contributed by atoms with E-state index in [1.165, 1.54) is 4.88 Å². The number of rotatable bonds is 4. The molecule has 0 aromatic carbocycles. The van der Waals surface area contributed by atoms with Crippen LogP contribution in [0.5, 0.6) is 0 Å². The molecule has 1 rings (SSSR count). The number of nitrogens with zero attached hydrogens (tertiary/aromatic N) is 1. The Hall–Kier alpha value is -0.450. The summed E-state index contributed by atoms with van der Waals surface area (Å²) in [5.74, 6) is 0. The van der Waals surface area contributed by atoms with Gasteiger partial charge in [-0.15, -0.1) is 11.3 Å². The Morgan fingerprint density at radius 2 is 2.50 bits per heavy atom. The van der Waals surface area contributed by atoms with Gasteiger partial charge in [0.25, 0.3) is 0 Å². The van der Waals surface area contributed by atoms with Gasteiger partial charge < -0.3 is 10.4 Å². The Morgan fingerprint density at radius 1 is 1.75 bits per heavy atom. The zero-order valence-corrected chi connectivity index (χ0v) is 8.19. The zero-order chi connectivity index (χ0) is 8.97. The third-order valence-electron chi connectivity index (χ3n) is 1.41. The van der Waals surface area contributed by atoms with Gasteiger partial charge in [-0.3, -0.25) is 0 Å². The predicted octanol–water partition coefficient (Wildman–Crippen LogP) is 0.922. The molecule has 4 heteroatoms. The van der Waals surface area contributed by atoms with Gasteiger partial charge >= 0.3 is 0 Å². The minimum absolute atomic E-state index is 0.279. The van der Waals surface area contributed by atoms with E-state index in [0.717, 1.165) is 11.6 Å². The molecule has 1 aromatic heterocycles. The molecule has 3 nitrogen and oxygen atoms in total. The third kappa shape index (κ3) is 3.30. The summed E-state index contributed by atoms with van der Waals surface area (Å²) in [6.45, 7) is 5.20. The van der Waals surface area contributed by atoms with Crippen molar-refractivity contribution in [3.05, 3.63) is 16.1 Å². The van der Waals surface area contributed by atoms with Gasteiger partial charge in [-0.05, 0) is 13.8 Å². The summed E-state index contributed by atoms with van der Waals surface area (Å²) in [6, 6.07) is 0. The number of aliphatic hydroxyl groups excluding tert-OH is 1. The number of aryl methyl sites for hydroxylation is 1. The molecule has 0 saturated heterocycles. The molecule has 68 valence electrons. The lowest BCUT2D eigenvalue weighted by Gasteiger charge is -2.03. The van der Waals surface area contributed by atoms with Gasteiger partial charge in [0.05, 0.1) is 11.1 Å². The highest BCUT2D eigenvalue weighted by atomic mass is 32.1. The Bertz CT molecular complexity index is 235. The van der Waals surface area contributed by atoms with Gasteiger partial charge in [0.15, 0.2) is 0 Å². The average molecular weight is 186 g/mol. The minimum atomic E-state index is -0.279. The lowest BCUT2D eigenvalue weighted by atomic mass is 10.4. The van der Waals surface area contributed by atoms with Crippen LogP contribution in [0.4, 0.5) is 0 Å². The SMILES string of the molecule is Cc1ncc(CNC[C@@H](C)O)s1. The van der Waals surface area contributed by atoms with Crippen LogP contribution >= 0.6 is 11.3 Å². The van der Waals surface area contributed by atoms with E-state index in [-0.39, 0.29) is 6.10 Å². The van der Waals surface area contributed by atoms with Crippen LogP contribution in [-0.2, 0) is 6.54 Å². The van der Waals surface area contributed by atoms with E-state index in [9.17, 15) is 0 Å². The summed E-state index contributed by atoms with van der Waals surface area (Å²) in [4.78, 5) is 5.35. The Balaban J connectivity index is 2.24. The summed E-state index contributed by atoms with van der Waals surface area (Å²) in [5, 5.41) is 13.2. The van der Waals surface area contributed by atoms with Crippen LogP contribution in [0.3, 0.4) is 0 Å². The fourth-order valence-electron chi connectivity index (χ4n) is 0.891. The molecular weight excluding hydrogens is 172 g/mol. The fourth-order valence-corrected chi connectivity index (χ4v) is 1.66. The smallest absolute Gasteiger partial charge is 0.0897 e. The summed E-state index contributed by atoms with van der Waals surface area (Å²) in [7, 11) is 0. The maximum absolute atomic E-state index is 8.96. The van der Waals surface area contributed by atoms with E-state index >= 15 is 0 Å². The quantitative estimate of drug-likeness (QED) is 0.735. The van der Waals surface area contributed by atoms with Crippen LogP contribution in [0, 0.1) is 6.92 Å². The fraction of sp³-hybridized carbons (Fsp3) is 0.625. The second-order valence-corrected chi connectivity index (χ2v) is 4.14. The van der Waals surface area contributed by atoms with Gasteiger partial charge in [0.1, 0.15) is 0 Å². The van der Waals surface area contributed by atoms with Crippen molar-refractivity contribution in [3.63, 3.8) is 0 Å². The average Bonchev–Trinajstić information content (AvgIpc) is 2.35. The lowest BCUT2D eigenvalue weighted by Crippen LogP contribution is -2.23. The molecule has 0 aliphatic rings. The summed E-state index contributed by atoms with van der Waals surface area (Å²) in [6.07, 6.45) is 1.59. The van der Waals surface area contributed by atoms with Crippen molar-refractivity contribution in [1.29, 1.82) is 0 Å². The van der Waals surface area contributed by atoms with Gasteiger partial charge in [0.2, 0.25) is 0 Å². The summed E-state index contributed by atoms with van der Waals surface area (Å²) >= 11 is 1.68. The number of aromatic nitrogens is 1. The van der Waals surface area contributed by atoms with E-state index in [0.29, 0.717) is 6.54 Å². The van der Waals surface area contributed by atoms with Crippen molar-refractivity contribution in [2.75, 3.05) is 6.54 Å². The maximum Gasteiger partial charge on any atom is 0.0897 e. The molecule has 12 heavy (non-hydrogen) atoms. The first kappa shape index (κ1) is 9.64. The van der Waals surface area contributed by atoms with Gasteiger partial charge in [-0.25, -0.2) is 4.98 Å². The van der Waals surface area contributed by atoms with E-state index in [1.807, 2.05) is 13.1 Å². The summed E-state index contributed by atoms with van der Waals surface area (Å²) in [5.41, 5.74) is 0.